The van der Waals surface area contributed by atoms with E-state index in [0.717, 1.165) is 5.56 Å². The number of carboxylic acid groups (broad SMARTS) is 1. The van der Waals surface area contributed by atoms with Crippen LogP contribution in [0.3, 0.4) is 0 Å². The molecule has 5 heteroatoms. The van der Waals surface area contributed by atoms with Crippen molar-refractivity contribution in [3.8, 4) is 11.5 Å². The molecule has 0 aliphatic carbocycles. The van der Waals surface area contributed by atoms with Gasteiger partial charge in [0.05, 0.1) is 20.1 Å². The number of methoxy groups -OCH3 is 2. The van der Waals surface area contributed by atoms with Crippen LogP contribution in [0, 0.1) is 5.92 Å². The number of carbonyl (C=O) groups is 1. The molecule has 2 atom stereocenters. The van der Waals surface area contributed by atoms with Crippen LogP contribution >= 0.6 is 0 Å². The summed E-state index contributed by atoms with van der Waals surface area (Å²) in [7, 11) is 3.14. The fourth-order valence-electron chi connectivity index (χ4n) is 2.47. The van der Waals surface area contributed by atoms with Gasteiger partial charge in [0.1, 0.15) is 0 Å². The number of hydrogen-bond acceptors (Lipinski definition) is 4. The molecule has 5 nitrogen and oxygen atoms in total. The lowest BCUT2D eigenvalue weighted by Gasteiger charge is -2.19. The standard InChI is InChI=1S/C13H17NO4/c1-17-11-5-3-4-8(12(11)18-2)9-6-14-7-10(9)13(15)16/h3-5,9-10,14H,6-7H2,1-2H3,(H,15,16)/t9-,10+/m1/s1. The first kappa shape index (κ1) is 12.7. The number of para-hydroxylation sites is 1. The lowest BCUT2D eigenvalue weighted by Crippen LogP contribution is -2.21. The van der Waals surface area contributed by atoms with E-state index in [1.807, 2.05) is 12.1 Å². The zero-order valence-corrected chi connectivity index (χ0v) is 10.5. The zero-order valence-electron chi connectivity index (χ0n) is 10.5. The second kappa shape index (κ2) is 5.27. The van der Waals surface area contributed by atoms with E-state index in [9.17, 15) is 9.90 Å². The van der Waals surface area contributed by atoms with E-state index in [1.165, 1.54) is 0 Å². The van der Waals surface area contributed by atoms with Crippen molar-refractivity contribution in [3.63, 3.8) is 0 Å². The van der Waals surface area contributed by atoms with Crippen LogP contribution in [0.5, 0.6) is 11.5 Å². The van der Waals surface area contributed by atoms with Crippen molar-refractivity contribution in [2.75, 3.05) is 27.3 Å². The van der Waals surface area contributed by atoms with E-state index >= 15 is 0 Å². The average Bonchev–Trinajstić information content (AvgIpc) is 2.86. The highest BCUT2D eigenvalue weighted by molar-refractivity contribution is 5.73. The van der Waals surface area contributed by atoms with Gasteiger partial charge in [-0.3, -0.25) is 4.79 Å². The van der Waals surface area contributed by atoms with Gasteiger partial charge >= 0.3 is 5.97 Å². The monoisotopic (exact) mass is 251 g/mol. The van der Waals surface area contributed by atoms with Crippen molar-refractivity contribution in [2.45, 2.75) is 5.92 Å². The van der Waals surface area contributed by atoms with Crippen LogP contribution in [0.2, 0.25) is 0 Å². The third-order valence-electron chi connectivity index (χ3n) is 3.36. The molecule has 0 spiro atoms. The number of aliphatic carboxylic acids is 1. The Hall–Kier alpha value is -1.75. The number of nitrogens with one attached hydrogen (secondary N) is 1. The summed E-state index contributed by atoms with van der Waals surface area (Å²) < 4.78 is 10.6. The van der Waals surface area contributed by atoms with Gasteiger partial charge in [0.25, 0.3) is 0 Å². The summed E-state index contributed by atoms with van der Waals surface area (Å²) in [5.74, 6) is -0.0422. The SMILES string of the molecule is COc1cccc([C@H]2CNC[C@@H]2C(=O)O)c1OC. The van der Waals surface area contributed by atoms with E-state index in [4.69, 9.17) is 9.47 Å². The summed E-state index contributed by atoms with van der Waals surface area (Å²) in [6, 6.07) is 5.56. The summed E-state index contributed by atoms with van der Waals surface area (Å²) in [5.41, 5.74) is 0.884. The number of carboxylic acids is 1. The molecule has 1 aromatic rings. The van der Waals surface area contributed by atoms with E-state index in [0.29, 0.717) is 24.6 Å². The molecular formula is C13H17NO4. The van der Waals surface area contributed by atoms with Crippen LogP contribution in [0.1, 0.15) is 11.5 Å². The van der Waals surface area contributed by atoms with E-state index in [2.05, 4.69) is 5.32 Å². The molecule has 98 valence electrons. The van der Waals surface area contributed by atoms with Crippen LogP contribution in [-0.2, 0) is 4.79 Å². The third kappa shape index (κ3) is 2.13. The first-order chi connectivity index (χ1) is 8.69. The van der Waals surface area contributed by atoms with E-state index in [-0.39, 0.29) is 5.92 Å². The molecule has 1 heterocycles. The number of rotatable bonds is 4. The second-order valence-corrected chi connectivity index (χ2v) is 4.29. The largest absolute Gasteiger partial charge is 0.493 e. The molecule has 0 saturated carbocycles. The van der Waals surface area contributed by atoms with E-state index in [1.54, 1.807) is 20.3 Å². The summed E-state index contributed by atoms with van der Waals surface area (Å²) in [6.07, 6.45) is 0. The topological polar surface area (TPSA) is 67.8 Å². The first-order valence-electron chi connectivity index (χ1n) is 5.83. The van der Waals surface area contributed by atoms with Crippen molar-refractivity contribution in [3.05, 3.63) is 23.8 Å². The van der Waals surface area contributed by atoms with Crippen molar-refractivity contribution >= 4 is 5.97 Å². The highest BCUT2D eigenvalue weighted by atomic mass is 16.5. The molecule has 0 bridgehead atoms. The number of benzene rings is 1. The van der Waals surface area contributed by atoms with Gasteiger partial charge in [0.2, 0.25) is 0 Å². The van der Waals surface area contributed by atoms with Crippen LogP contribution < -0.4 is 14.8 Å². The zero-order chi connectivity index (χ0) is 13.1. The molecule has 0 aromatic heterocycles. The van der Waals surface area contributed by atoms with Gasteiger partial charge in [-0.25, -0.2) is 0 Å². The third-order valence-corrected chi connectivity index (χ3v) is 3.36. The van der Waals surface area contributed by atoms with Gasteiger partial charge in [0, 0.05) is 24.6 Å². The minimum Gasteiger partial charge on any atom is -0.493 e. The molecule has 2 N–H and O–H groups in total. The predicted molar refractivity (Wildman–Crippen MR) is 66.3 cm³/mol. The normalized spacial score (nSPS) is 22.8. The molecule has 1 aliphatic rings. The van der Waals surface area contributed by atoms with Crippen molar-refractivity contribution in [1.82, 2.24) is 5.32 Å². The molecule has 1 aromatic carbocycles. The Morgan fingerprint density at radius 2 is 2.11 bits per heavy atom. The lowest BCUT2D eigenvalue weighted by atomic mass is 9.88. The van der Waals surface area contributed by atoms with Crippen molar-refractivity contribution < 1.29 is 19.4 Å². The molecule has 2 rings (SSSR count). The van der Waals surface area contributed by atoms with Gasteiger partial charge in [-0.15, -0.1) is 0 Å². The van der Waals surface area contributed by atoms with Gasteiger partial charge < -0.3 is 19.9 Å². The maximum absolute atomic E-state index is 11.2. The van der Waals surface area contributed by atoms with Crippen LogP contribution in [-0.4, -0.2) is 38.4 Å². The summed E-state index contributed by atoms with van der Waals surface area (Å²) in [4.78, 5) is 11.2. The molecule has 1 saturated heterocycles. The Kier molecular flexibility index (Phi) is 3.72. The summed E-state index contributed by atoms with van der Waals surface area (Å²) >= 11 is 0. The minimum atomic E-state index is -0.783. The lowest BCUT2D eigenvalue weighted by molar-refractivity contribution is -0.141. The molecule has 0 unspecified atom stereocenters. The van der Waals surface area contributed by atoms with Gasteiger partial charge in [0.15, 0.2) is 11.5 Å². The Balaban J connectivity index is 2.41. The second-order valence-electron chi connectivity index (χ2n) is 4.29. The highest BCUT2D eigenvalue weighted by Crippen LogP contribution is 2.39. The maximum atomic E-state index is 11.2. The minimum absolute atomic E-state index is 0.0902. The Labute approximate surface area is 106 Å². The maximum Gasteiger partial charge on any atom is 0.308 e. The molecule has 18 heavy (non-hydrogen) atoms. The Morgan fingerprint density at radius 3 is 2.72 bits per heavy atom. The molecular weight excluding hydrogens is 234 g/mol. The number of ether oxygens (including phenoxy) is 2. The van der Waals surface area contributed by atoms with Gasteiger partial charge in [-0.2, -0.15) is 0 Å². The summed E-state index contributed by atoms with van der Waals surface area (Å²) in [6.45, 7) is 1.13. The molecule has 0 amide bonds. The number of hydrogen-bond donors (Lipinski definition) is 2. The fourth-order valence-corrected chi connectivity index (χ4v) is 2.47. The summed E-state index contributed by atoms with van der Waals surface area (Å²) in [5, 5.41) is 12.3. The molecule has 0 radical (unpaired) electrons. The van der Waals surface area contributed by atoms with E-state index < -0.39 is 11.9 Å². The quantitative estimate of drug-likeness (QED) is 0.838. The highest BCUT2D eigenvalue weighted by Gasteiger charge is 2.36. The van der Waals surface area contributed by atoms with Crippen LogP contribution in [0.15, 0.2) is 18.2 Å². The molecule has 1 fully saturated rings. The Morgan fingerprint density at radius 1 is 1.33 bits per heavy atom. The van der Waals surface area contributed by atoms with Crippen molar-refractivity contribution in [2.24, 2.45) is 5.92 Å². The average molecular weight is 251 g/mol. The predicted octanol–water partition coefficient (Wildman–Crippen LogP) is 1.09. The Bertz CT molecular complexity index is 447. The fraction of sp³-hybridized carbons (Fsp3) is 0.462. The van der Waals surface area contributed by atoms with Gasteiger partial charge in [-0.05, 0) is 6.07 Å². The smallest absolute Gasteiger partial charge is 0.308 e. The molecule has 1 aliphatic heterocycles. The van der Waals surface area contributed by atoms with Gasteiger partial charge in [-0.1, -0.05) is 12.1 Å². The van der Waals surface area contributed by atoms with Crippen molar-refractivity contribution in [1.29, 1.82) is 0 Å². The first-order valence-corrected chi connectivity index (χ1v) is 5.83. The van der Waals surface area contributed by atoms with Crippen LogP contribution in [0.4, 0.5) is 0 Å². The van der Waals surface area contributed by atoms with Crippen LogP contribution in [0.25, 0.3) is 0 Å².